The van der Waals surface area contributed by atoms with Gasteiger partial charge in [-0.3, -0.25) is 9.52 Å². The fourth-order valence-electron chi connectivity index (χ4n) is 3.26. The highest BCUT2D eigenvalue weighted by molar-refractivity contribution is 7.92. The summed E-state index contributed by atoms with van der Waals surface area (Å²) in [5.41, 5.74) is 2.30. The third-order valence-corrected chi connectivity index (χ3v) is 6.40. The lowest BCUT2D eigenvalue weighted by molar-refractivity contribution is 0.0950. The van der Waals surface area contributed by atoms with Crippen molar-refractivity contribution in [1.82, 2.24) is 15.3 Å². The van der Waals surface area contributed by atoms with Crippen LogP contribution in [0.1, 0.15) is 27.4 Å². The Hall–Kier alpha value is -4.24. The van der Waals surface area contributed by atoms with Crippen molar-refractivity contribution >= 4 is 21.6 Å². The predicted octanol–water partition coefficient (Wildman–Crippen LogP) is 4.09. The Morgan fingerprint density at radius 1 is 0.943 bits per heavy atom. The van der Waals surface area contributed by atoms with Crippen molar-refractivity contribution in [1.29, 1.82) is 0 Å². The van der Waals surface area contributed by atoms with E-state index in [1.54, 1.807) is 49.5 Å². The lowest BCUT2D eigenvalue weighted by Crippen LogP contribution is -2.24. The van der Waals surface area contributed by atoms with Gasteiger partial charge in [0.2, 0.25) is 0 Å². The molecule has 0 aliphatic rings. The highest BCUT2D eigenvalue weighted by atomic mass is 32.2. The van der Waals surface area contributed by atoms with Crippen LogP contribution >= 0.6 is 0 Å². The van der Waals surface area contributed by atoms with Crippen molar-refractivity contribution in [3.8, 4) is 5.75 Å². The van der Waals surface area contributed by atoms with Gasteiger partial charge in [-0.05, 0) is 61.0 Å². The molecular weight excluding hydrogens is 464 g/mol. The van der Waals surface area contributed by atoms with E-state index >= 15 is 0 Å². The Kier molecular flexibility index (Phi) is 7.37. The Bertz CT molecular complexity index is 1410. The Morgan fingerprint density at radius 2 is 1.71 bits per heavy atom. The predicted molar refractivity (Wildman–Crippen MR) is 132 cm³/mol. The summed E-state index contributed by atoms with van der Waals surface area (Å²) in [5.74, 6) is 0.819. The summed E-state index contributed by atoms with van der Waals surface area (Å²) in [5, 5.41) is 2.74. The maximum absolute atomic E-state index is 12.9. The molecule has 178 valence electrons. The number of aromatic nitrogens is 2. The van der Waals surface area contributed by atoms with E-state index in [9.17, 15) is 13.2 Å². The summed E-state index contributed by atoms with van der Waals surface area (Å²) in [7, 11) is -3.90. The maximum atomic E-state index is 12.9. The summed E-state index contributed by atoms with van der Waals surface area (Å²) in [4.78, 5) is 20.8. The van der Waals surface area contributed by atoms with Crippen LogP contribution in [0.25, 0.3) is 0 Å². The van der Waals surface area contributed by atoms with Gasteiger partial charge in [0.25, 0.3) is 15.9 Å². The Morgan fingerprint density at radius 3 is 2.46 bits per heavy atom. The molecule has 4 aromatic rings. The van der Waals surface area contributed by atoms with Crippen LogP contribution in [0.3, 0.4) is 0 Å². The molecule has 0 unspecified atom stereocenters. The first-order valence-electron chi connectivity index (χ1n) is 10.9. The molecule has 35 heavy (non-hydrogen) atoms. The molecule has 1 amide bonds. The molecule has 2 N–H and O–H groups in total. The second kappa shape index (κ2) is 10.8. The van der Waals surface area contributed by atoms with Gasteiger partial charge >= 0.3 is 0 Å². The van der Waals surface area contributed by atoms with E-state index in [1.165, 1.54) is 18.2 Å². The van der Waals surface area contributed by atoms with Gasteiger partial charge in [-0.1, -0.05) is 36.4 Å². The molecule has 9 heteroatoms. The fourth-order valence-corrected chi connectivity index (χ4v) is 4.36. The minimum absolute atomic E-state index is 0.0209. The number of hydrogen-bond donors (Lipinski definition) is 2. The zero-order chi connectivity index (χ0) is 24.7. The normalized spacial score (nSPS) is 11.0. The minimum Gasteiger partial charge on any atom is -0.489 e. The summed E-state index contributed by atoms with van der Waals surface area (Å²) in [6.45, 7) is 2.38. The lowest BCUT2D eigenvalue weighted by Gasteiger charge is -2.11. The van der Waals surface area contributed by atoms with Gasteiger partial charge in [-0.2, -0.15) is 0 Å². The molecule has 8 nitrogen and oxygen atoms in total. The zero-order valence-corrected chi connectivity index (χ0v) is 19.8. The molecule has 1 aromatic heterocycles. The molecule has 0 saturated heterocycles. The molecular formula is C26H24N4O4S. The largest absolute Gasteiger partial charge is 0.489 e. The molecule has 0 aliphatic heterocycles. The molecule has 1 heterocycles. The molecule has 0 aliphatic carbocycles. The van der Waals surface area contributed by atoms with Crippen molar-refractivity contribution in [3.05, 3.63) is 114 Å². The molecule has 0 spiro atoms. The van der Waals surface area contributed by atoms with Crippen molar-refractivity contribution in [2.24, 2.45) is 0 Å². The molecule has 0 bridgehead atoms. The molecule has 0 radical (unpaired) electrons. The number of amides is 1. The van der Waals surface area contributed by atoms with Crippen LogP contribution < -0.4 is 14.8 Å². The molecule has 0 fully saturated rings. The Labute approximate surface area is 204 Å². The van der Waals surface area contributed by atoms with E-state index in [1.807, 2.05) is 30.3 Å². The van der Waals surface area contributed by atoms with Gasteiger partial charge in [0.15, 0.2) is 0 Å². The van der Waals surface area contributed by atoms with Gasteiger partial charge in [0.05, 0.1) is 17.1 Å². The summed E-state index contributed by atoms with van der Waals surface area (Å²) < 4.78 is 34.1. The van der Waals surface area contributed by atoms with Crippen molar-refractivity contribution in [3.63, 3.8) is 0 Å². The first kappa shape index (κ1) is 23.9. The SMILES string of the molecule is Cc1nccc(CNC(=O)c2cccc(S(=O)(=O)Nc3ccc(OCc4ccccc4)cc3)c2)n1. The summed E-state index contributed by atoms with van der Waals surface area (Å²) in [6, 6.07) is 23.9. The lowest BCUT2D eigenvalue weighted by atomic mass is 10.2. The van der Waals surface area contributed by atoms with E-state index in [0.717, 1.165) is 5.56 Å². The van der Waals surface area contributed by atoms with Gasteiger partial charge < -0.3 is 10.1 Å². The number of aryl methyl sites for hydroxylation is 1. The fraction of sp³-hybridized carbons (Fsp3) is 0.115. The molecule has 4 rings (SSSR count). The second-order valence-electron chi connectivity index (χ2n) is 7.71. The summed E-state index contributed by atoms with van der Waals surface area (Å²) >= 11 is 0. The number of ether oxygens (including phenoxy) is 1. The van der Waals surface area contributed by atoms with E-state index in [0.29, 0.717) is 29.6 Å². The van der Waals surface area contributed by atoms with E-state index in [2.05, 4.69) is 20.0 Å². The average Bonchev–Trinajstić information content (AvgIpc) is 2.87. The van der Waals surface area contributed by atoms with Crippen LogP contribution in [-0.2, 0) is 23.2 Å². The monoisotopic (exact) mass is 488 g/mol. The molecule has 0 atom stereocenters. The first-order valence-corrected chi connectivity index (χ1v) is 12.3. The number of nitrogens with zero attached hydrogens (tertiary/aromatic N) is 2. The number of carbonyl (C=O) groups is 1. The molecule has 0 saturated carbocycles. The van der Waals surface area contributed by atoms with E-state index in [4.69, 9.17) is 4.74 Å². The smallest absolute Gasteiger partial charge is 0.261 e. The highest BCUT2D eigenvalue weighted by Gasteiger charge is 2.17. The number of sulfonamides is 1. The number of hydrogen-bond acceptors (Lipinski definition) is 6. The molecule has 3 aromatic carbocycles. The van der Waals surface area contributed by atoms with Crippen molar-refractivity contribution < 1.29 is 17.9 Å². The average molecular weight is 489 g/mol. The second-order valence-corrected chi connectivity index (χ2v) is 9.39. The van der Waals surface area contributed by atoms with Crippen LogP contribution in [0, 0.1) is 6.92 Å². The number of nitrogens with one attached hydrogen (secondary N) is 2. The number of carbonyl (C=O) groups excluding carboxylic acids is 1. The summed E-state index contributed by atoms with van der Waals surface area (Å²) in [6.07, 6.45) is 1.62. The Balaban J connectivity index is 1.38. The third-order valence-electron chi connectivity index (χ3n) is 5.03. The third kappa shape index (κ3) is 6.64. The highest BCUT2D eigenvalue weighted by Crippen LogP contribution is 2.21. The number of anilines is 1. The minimum atomic E-state index is -3.90. The van der Waals surface area contributed by atoms with Crippen LogP contribution in [-0.4, -0.2) is 24.3 Å². The van der Waals surface area contributed by atoms with Crippen LogP contribution in [0.2, 0.25) is 0 Å². The van der Waals surface area contributed by atoms with Gasteiger partial charge in [0.1, 0.15) is 18.2 Å². The standard InChI is InChI=1S/C26H24N4O4S/c1-19-27-15-14-23(29-19)17-28-26(31)21-8-5-9-25(16-21)35(32,33)30-22-10-12-24(13-11-22)34-18-20-6-3-2-4-7-20/h2-16,30H,17-18H2,1H3,(H,28,31). The van der Waals surface area contributed by atoms with Crippen LogP contribution in [0.15, 0.2) is 96.0 Å². The quantitative estimate of drug-likeness (QED) is 0.367. The van der Waals surface area contributed by atoms with Crippen LogP contribution in [0.5, 0.6) is 5.75 Å². The van der Waals surface area contributed by atoms with Gasteiger partial charge in [0, 0.05) is 17.4 Å². The van der Waals surface area contributed by atoms with Crippen LogP contribution in [0.4, 0.5) is 5.69 Å². The van der Waals surface area contributed by atoms with Gasteiger partial charge in [-0.15, -0.1) is 0 Å². The topological polar surface area (TPSA) is 110 Å². The first-order chi connectivity index (χ1) is 16.9. The van der Waals surface area contributed by atoms with Crippen molar-refractivity contribution in [2.45, 2.75) is 25.0 Å². The van der Waals surface area contributed by atoms with E-state index < -0.39 is 15.9 Å². The number of benzene rings is 3. The maximum Gasteiger partial charge on any atom is 0.261 e. The van der Waals surface area contributed by atoms with E-state index in [-0.39, 0.29) is 17.0 Å². The zero-order valence-electron chi connectivity index (χ0n) is 19.0. The van der Waals surface area contributed by atoms with Gasteiger partial charge in [-0.25, -0.2) is 18.4 Å². The number of rotatable bonds is 9. The van der Waals surface area contributed by atoms with Crippen molar-refractivity contribution in [2.75, 3.05) is 4.72 Å².